The summed E-state index contributed by atoms with van der Waals surface area (Å²) in [4.78, 5) is 21.1. The zero-order chi connectivity index (χ0) is 17.2. The maximum Gasteiger partial charge on any atom is 0.273 e. The molecule has 132 valence electrons. The predicted octanol–water partition coefficient (Wildman–Crippen LogP) is 1.10. The van der Waals surface area contributed by atoms with Crippen molar-refractivity contribution in [3.05, 3.63) is 30.2 Å². The molecule has 0 spiro atoms. The van der Waals surface area contributed by atoms with Gasteiger partial charge in [0.2, 0.25) is 0 Å². The van der Waals surface area contributed by atoms with Crippen LogP contribution in [0.25, 0.3) is 0 Å². The van der Waals surface area contributed by atoms with Crippen molar-refractivity contribution < 1.29 is 9.53 Å². The molecule has 0 radical (unpaired) electrons. The molecule has 2 aliphatic heterocycles. The second-order valence-electron chi connectivity index (χ2n) is 6.54. The molecule has 4 rings (SSSR count). The summed E-state index contributed by atoms with van der Waals surface area (Å²) in [7, 11) is 1.72. The molecule has 8 nitrogen and oxygen atoms in total. The molecule has 4 heterocycles. The van der Waals surface area contributed by atoms with Crippen LogP contribution in [0.2, 0.25) is 0 Å². The van der Waals surface area contributed by atoms with Crippen molar-refractivity contribution in [3.8, 4) is 5.75 Å². The Balaban J connectivity index is 1.43. The molecule has 0 bridgehead atoms. The van der Waals surface area contributed by atoms with E-state index in [1.807, 2.05) is 12.1 Å². The van der Waals surface area contributed by atoms with Gasteiger partial charge in [-0.2, -0.15) is 0 Å². The number of nitrogens with zero attached hydrogens (tertiary/aromatic N) is 6. The Morgan fingerprint density at radius 3 is 2.88 bits per heavy atom. The van der Waals surface area contributed by atoms with Gasteiger partial charge in [-0.1, -0.05) is 5.21 Å². The van der Waals surface area contributed by atoms with E-state index in [0.717, 1.165) is 31.1 Å². The third kappa shape index (κ3) is 3.16. The van der Waals surface area contributed by atoms with Crippen molar-refractivity contribution >= 4 is 11.7 Å². The maximum atomic E-state index is 12.6. The molecule has 8 heteroatoms. The van der Waals surface area contributed by atoms with Crippen molar-refractivity contribution in [1.29, 1.82) is 0 Å². The number of carbonyl (C=O) groups is 1. The van der Waals surface area contributed by atoms with Crippen LogP contribution in [0, 0.1) is 0 Å². The molecular weight excluding hydrogens is 320 g/mol. The molecule has 1 amide bonds. The predicted molar refractivity (Wildman–Crippen MR) is 91.6 cm³/mol. The van der Waals surface area contributed by atoms with E-state index < -0.39 is 0 Å². The Morgan fingerprint density at radius 2 is 2.12 bits per heavy atom. The van der Waals surface area contributed by atoms with Gasteiger partial charge in [0, 0.05) is 39.3 Å². The first kappa shape index (κ1) is 15.9. The lowest BCUT2D eigenvalue weighted by Gasteiger charge is -2.22. The number of aromatic nitrogens is 4. The largest absolute Gasteiger partial charge is 0.485 e. The van der Waals surface area contributed by atoms with Gasteiger partial charge in [0.15, 0.2) is 11.6 Å². The molecule has 0 aliphatic carbocycles. The summed E-state index contributed by atoms with van der Waals surface area (Å²) in [5.41, 5.74) is 0.500. The average molecular weight is 342 g/mol. The number of hydrogen-bond acceptors (Lipinski definition) is 6. The van der Waals surface area contributed by atoms with E-state index >= 15 is 0 Å². The van der Waals surface area contributed by atoms with Gasteiger partial charge in [0.1, 0.15) is 11.8 Å². The number of carbonyl (C=O) groups excluding carboxylic acids is 1. The monoisotopic (exact) mass is 342 g/mol. The van der Waals surface area contributed by atoms with Crippen LogP contribution in [-0.2, 0) is 7.05 Å². The van der Waals surface area contributed by atoms with Gasteiger partial charge < -0.3 is 14.5 Å². The molecule has 1 atom stereocenters. The third-order valence-electron chi connectivity index (χ3n) is 4.82. The molecule has 2 aromatic rings. The van der Waals surface area contributed by atoms with E-state index in [9.17, 15) is 4.79 Å². The van der Waals surface area contributed by atoms with Crippen LogP contribution in [0.3, 0.4) is 0 Å². The minimum atomic E-state index is -0.0513. The van der Waals surface area contributed by atoms with E-state index in [4.69, 9.17) is 4.74 Å². The van der Waals surface area contributed by atoms with E-state index in [2.05, 4.69) is 20.2 Å². The first-order valence-electron chi connectivity index (χ1n) is 8.73. The summed E-state index contributed by atoms with van der Waals surface area (Å²) in [6, 6.07) is 3.87. The number of ether oxygens (including phenoxy) is 1. The van der Waals surface area contributed by atoms with E-state index in [1.54, 1.807) is 18.1 Å². The van der Waals surface area contributed by atoms with Gasteiger partial charge in [0.05, 0.1) is 12.7 Å². The molecule has 0 N–H and O–H groups in total. The summed E-state index contributed by atoms with van der Waals surface area (Å²) < 4.78 is 7.71. The molecule has 2 aromatic heterocycles. The van der Waals surface area contributed by atoms with Crippen LogP contribution >= 0.6 is 0 Å². The molecule has 2 saturated heterocycles. The summed E-state index contributed by atoms with van der Waals surface area (Å²) in [5, 5.41) is 7.60. The van der Waals surface area contributed by atoms with Crippen LogP contribution in [-0.4, -0.2) is 63.1 Å². The average Bonchev–Trinajstić information content (AvgIpc) is 3.36. The first-order chi connectivity index (χ1) is 12.2. The van der Waals surface area contributed by atoms with Crippen molar-refractivity contribution in [3.63, 3.8) is 0 Å². The molecule has 25 heavy (non-hydrogen) atoms. The zero-order valence-corrected chi connectivity index (χ0v) is 14.3. The molecule has 2 aliphatic rings. The van der Waals surface area contributed by atoms with E-state index in [-0.39, 0.29) is 12.0 Å². The Kier molecular flexibility index (Phi) is 4.25. The summed E-state index contributed by atoms with van der Waals surface area (Å²) >= 11 is 0. The fourth-order valence-electron chi connectivity index (χ4n) is 3.47. The van der Waals surface area contributed by atoms with Gasteiger partial charge >= 0.3 is 0 Å². The normalized spacial score (nSPS) is 20.3. The maximum absolute atomic E-state index is 12.6. The van der Waals surface area contributed by atoms with Crippen molar-refractivity contribution in [1.82, 2.24) is 24.9 Å². The van der Waals surface area contributed by atoms with Gasteiger partial charge in [-0.05, 0) is 25.0 Å². The number of aryl methyl sites for hydroxylation is 1. The van der Waals surface area contributed by atoms with Gasteiger partial charge in [0.25, 0.3) is 5.91 Å². The van der Waals surface area contributed by atoms with Gasteiger partial charge in [-0.15, -0.1) is 5.10 Å². The van der Waals surface area contributed by atoms with Gasteiger partial charge in [-0.25, -0.2) is 9.67 Å². The van der Waals surface area contributed by atoms with Crippen molar-refractivity contribution in [2.45, 2.75) is 25.4 Å². The Labute approximate surface area is 146 Å². The quantitative estimate of drug-likeness (QED) is 0.828. The Hall–Kier alpha value is -2.64. The van der Waals surface area contributed by atoms with Crippen LogP contribution in [0.15, 0.2) is 24.5 Å². The first-order valence-corrected chi connectivity index (χ1v) is 8.73. The second-order valence-corrected chi connectivity index (χ2v) is 6.54. The highest BCUT2D eigenvalue weighted by molar-refractivity contribution is 5.92. The standard InChI is InChI=1S/C17H22N6O2/c1-21-14(11-19-20-21)17(24)23-10-6-13(12-23)25-15-5-4-7-18-16(15)22-8-2-3-9-22/h4-5,7,11,13H,2-3,6,8-10,12H2,1H3/t13-/m0/s1. The number of hydrogen-bond donors (Lipinski definition) is 0. The fraction of sp³-hybridized carbons (Fsp3) is 0.529. The van der Waals surface area contributed by atoms with E-state index in [0.29, 0.717) is 18.8 Å². The highest BCUT2D eigenvalue weighted by Crippen LogP contribution is 2.30. The van der Waals surface area contributed by atoms with E-state index in [1.165, 1.54) is 23.7 Å². The van der Waals surface area contributed by atoms with Crippen LogP contribution < -0.4 is 9.64 Å². The minimum Gasteiger partial charge on any atom is -0.485 e. The smallest absolute Gasteiger partial charge is 0.273 e. The van der Waals surface area contributed by atoms with Gasteiger partial charge in [-0.3, -0.25) is 4.79 Å². The highest BCUT2D eigenvalue weighted by atomic mass is 16.5. The van der Waals surface area contributed by atoms with Crippen LogP contribution in [0.1, 0.15) is 29.8 Å². The number of pyridine rings is 1. The lowest BCUT2D eigenvalue weighted by Crippen LogP contribution is -2.32. The molecular formula is C17H22N6O2. The van der Waals surface area contributed by atoms with Crippen LogP contribution in [0.5, 0.6) is 5.75 Å². The molecule has 0 saturated carbocycles. The van der Waals surface area contributed by atoms with Crippen molar-refractivity contribution in [2.24, 2.45) is 7.05 Å². The Morgan fingerprint density at radius 1 is 1.28 bits per heavy atom. The molecule has 0 unspecified atom stereocenters. The molecule has 2 fully saturated rings. The second kappa shape index (κ2) is 6.70. The van der Waals surface area contributed by atoms with Crippen molar-refractivity contribution in [2.75, 3.05) is 31.1 Å². The highest BCUT2D eigenvalue weighted by Gasteiger charge is 2.30. The number of anilines is 1. The zero-order valence-electron chi connectivity index (χ0n) is 14.3. The topological polar surface area (TPSA) is 76.4 Å². The molecule has 0 aromatic carbocycles. The SMILES string of the molecule is Cn1nncc1C(=O)N1CC[C@H](Oc2cccnc2N2CCCC2)C1. The summed E-state index contributed by atoms with van der Waals surface area (Å²) in [6.07, 6.45) is 6.49. The Bertz CT molecular complexity index is 755. The minimum absolute atomic E-state index is 0.0179. The van der Waals surface area contributed by atoms with Crippen LogP contribution in [0.4, 0.5) is 5.82 Å². The lowest BCUT2D eigenvalue weighted by atomic mass is 10.3. The fourth-order valence-corrected chi connectivity index (χ4v) is 3.47. The third-order valence-corrected chi connectivity index (χ3v) is 4.82. The number of rotatable bonds is 4. The number of amides is 1. The summed E-state index contributed by atoms with van der Waals surface area (Å²) in [5.74, 6) is 1.68. The number of likely N-dealkylation sites (tertiary alicyclic amines) is 1. The summed E-state index contributed by atoms with van der Waals surface area (Å²) in [6.45, 7) is 3.29. The lowest BCUT2D eigenvalue weighted by molar-refractivity contribution is 0.0761.